The number of halogens is 1. The van der Waals surface area contributed by atoms with Crippen molar-refractivity contribution in [2.75, 3.05) is 10.6 Å². The van der Waals surface area contributed by atoms with E-state index in [9.17, 15) is 9.59 Å². The van der Waals surface area contributed by atoms with Crippen molar-refractivity contribution in [2.24, 2.45) is 0 Å². The Labute approximate surface area is 184 Å². The van der Waals surface area contributed by atoms with Crippen LogP contribution >= 0.6 is 11.6 Å². The lowest BCUT2D eigenvalue weighted by molar-refractivity contribution is 0.102. The zero-order valence-corrected chi connectivity index (χ0v) is 17.4. The molecule has 0 atom stereocenters. The number of nitrogens with zero attached hydrogens (tertiary/aromatic N) is 2. The number of benzene rings is 3. The molecule has 0 radical (unpaired) electrons. The number of anilines is 2. The molecule has 4 aromatic rings. The number of hydrogen-bond donors (Lipinski definition) is 2. The number of para-hydroxylation sites is 2. The summed E-state index contributed by atoms with van der Waals surface area (Å²) in [6.07, 6.45) is 1.43. The average molecular weight is 431 g/mol. The maximum atomic E-state index is 13.1. The van der Waals surface area contributed by atoms with Gasteiger partial charge in [0.15, 0.2) is 0 Å². The molecule has 4 rings (SSSR count). The summed E-state index contributed by atoms with van der Waals surface area (Å²) in [5.74, 6) is -0.568. The SMILES string of the molecule is Cc1ccccc1NC(=O)c1cnn(-c2ccccc2)c1NC(=O)c1ccccc1Cl. The summed E-state index contributed by atoms with van der Waals surface area (Å²) in [7, 11) is 0. The minimum absolute atomic E-state index is 0.229. The molecule has 3 aromatic carbocycles. The van der Waals surface area contributed by atoms with E-state index in [4.69, 9.17) is 11.6 Å². The van der Waals surface area contributed by atoms with Gasteiger partial charge in [-0.15, -0.1) is 0 Å². The van der Waals surface area contributed by atoms with Gasteiger partial charge in [0.2, 0.25) is 0 Å². The molecule has 0 saturated carbocycles. The van der Waals surface area contributed by atoms with Gasteiger partial charge in [-0.05, 0) is 42.8 Å². The molecule has 31 heavy (non-hydrogen) atoms. The van der Waals surface area contributed by atoms with Crippen LogP contribution in [0.25, 0.3) is 5.69 Å². The molecule has 6 nitrogen and oxygen atoms in total. The van der Waals surface area contributed by atoms with Crippen LogP contribution in [0.3, 0.4) is 0 Å². The Morgan fingerprint density at radius 1 is 0.806 bits per heavy atom. The molecule has 0 spiro atoms. The number of carbonyl (C=O) groups excluding carboxylic acids is 2. The maximum absolute atomic E-state index is 13.1. The van der Waals surface area contributed by atoms with E-state index in [0.29, 0.717) is 22.0 Å². The minimum Gasteiger partial charge on any atom is -0.322 e. The highest BCUT2D eigenvalue weighted by Gasteiger charge is 2.22. The number of aromatic nitrogens is 2. The third kappa shape index (κ3) is 4.34. The zero-order chi connectivity index (χ0) is 21.8. The van der Waals surface area contributed by atoms with E-state index in [2.05, 4.69) is 15.7 Å². The largest absolute Gasteiger partial charge is 0.322 e. The van der Waals surface area contributed by atoms with Crippen molar-refractivity contribution in [3.05, 3.63) is 107 Å². The fraction of sp³-hybridized carbons (Fsp3) is 0.0417. The third-order valence-corrected chi connectivity index (χ3v) is 5.09. The first-order valence-corrected chi connectivity index (χ1v) is 9.98. The molecule has 0 aliphatic rings. The van der Waals surface area contributed by atoms with Gasteiger partial charge in [0.25, 0.3) is 11.8 Å². The molecule has 0 fully saturated rings. The monoisotopic (exact) mass is 430 g/mol. The van der Waals surface area contributed by atoms with E-state index in [-0.39, 0.29) is 17.3 Å². The van der Waals surface area contributed by atoms with E-state index in [1.54, 1.807) is 24.3 Å². The lowest BCUT2D eigenvalue weighted by Gasteiger charge is -2.13. The van der Waals surface area contributed by atoms with Crippen molar-refractivity contribution in [2.45, 2.75) is 6.92 Å². The zero-order valence-electron chi connectivity index (χ0n) is 16.7. The van der Waals surface area contributed by atoms with E-state index in [1.807, 2.05) is 61.5 Å². The average Bonchev–Trinajstić information content (AvgIpc) is 3.19. The highest BCUT2D eigenvalue weighted by Crippen LogP contribution is 2.24. The number of hydrogen-bond acceptors (Lipinski definition) is 3. The van der Waals surface area contributed by atoms with Crippen molar-refractivity contribution < 1.29 is 9.59 Å². The third-order valence-electron chi connectivity index (χ3n) is 4.76. The number of aryl methyl sites for hydroxylation is 1. The van der Waals surface area contributed by atoms with Crippen LogP contribution in [-0.4, -0.2) is 21.6 Å². The minimum atomic E-state index is -0.437. The Kier molecular flexibility index (Phi) is 5.82. The Morgan fingerprint density at radius 3 is 2.19 bits per heavy atom. The fourth-order valence-corrected chi connectivity index (χ4v) is 3.34. The van der Waals surface area contributed by atoms with Gasteiger partial charge in [0, 0.05) is 5.69 Å². The quantitative estimate of drug-likeness (QED) is 0.448. The molecule has 1 aromatic heterocycles. The predicted molar refractivity (Wildman–Crippen MR) is 122 cm³/mol. The number of carbonyl (C=O) groups is 2. The van der Waals surface area contributed by atoms with Gasteiger partial charge < -0.3 is 10.6 Å². The first kappa shape index (κ1) is 20.4. The molecular weight excluding hydrogens is 412 g/mol. The topological polar surface area (TPSA) is 76.0 Å². The standard InChI is InChI=1S/C24H19ClN4O2/c1-16-9-5-8-14-21(16)27-24(31)19-15-26-29(17-10-3-2-4-11-17)22(19)28-23(30)18-12-6-7-13-20(18)25/h2-15H,1H3,(H,27,31)(H,28,30). The van der Waals surface area contributed by atoms with Gasteiger partial charge in [-0.2, -0.15) is 5.10 Å². The number of rotatable bonds is 5. The fourth-order valence-electron chi connectivity index (χ4n) is 3.12. The molecule has 0 aliphatic heterocycles. The number of amides is 2. The first-order chi connectivity index (χ1) is 15.0. The molecular formula is C24H19ClN4O2. The Balaban J connectivity index is 1.73. The van der Waals surface area contributed by atoms with E-state index in [0.717, 1.165) is 5.56 Å². The molecule has 1 heterocycles. The van der Waals surface area contributed by atoms with Crippen LogP contribution in [0.4, 0.5) is 11.5 Å². The summed E-state index contributed by atoms with van der Waals surface area (Å²) in [5, 5.41) is 10.4. The van der Waals surface area contributed by atoms with Gasteiger partial charge in [0.1, 0.15) is 11.4 Å². The summed E-state index contributed by atoms with van der Waals surface area (Å²) >= 11 is 6.18. The summed E-state index contributed by atoms with van der Waals surface area (Å²) in [6, 6.07) is 23.4. The van der Waals surface area contributed by atoms with Crippen molar-refractivity contribution in [3.8, 4) is 5.69 Å². The highest BCUT2D eigenvalue weighted by atomic mass is 35.5. The molecule has 0 aliphatic carbocycles. The van der Waals surface area contributed by atoms with Crippen LogP contribution in [-0.2, 0) is 0 Å². The van der Waals surface area contributed by atoms with E-state index in [1.165, 1.54) is 10.9 Å². The Bertz CT molecular complexity index is 1250. The molecule has 154 valence electrons. The van der Waals surface area contributed by atoms with Gasteiger partial charge in [-0.1, -0.05) is 60.1 Å². The van der Waals surface area contributed by atoms with Gasteiger partial charge in [-0.3, -0.25) is 9.59 Å². The summed E-state index contributed by atoms with van der Waals surface area (Å²) in [5.41, 5.74) is 2.84. The maximum Gasteiger partial charge on any atom is 0.261 e. The molecule has 0 unspecified atom stereocenters. The van der Waals surface area contributed by atoms with Crippen LogP contribution in [0, 0.1) is 6.92 Å². The number of nitrogens with one attached hydrogen (secondary N) is 2. The van der Waals surface area contributed by atoms with E-state index < -0.39 is 5.91 Å². The van der Waals surface area contributed by atoms with Crippen molar-refractivity contribution >= 4 is 34.9 Å². The smallest absolute Gasteiger partial charge is 0.261 e. The van der Waals surface area contributed by atoms with Crippen molar-refractivity contribution in [1.29, 1.82) is 0 Å². The molecule has 0 saturated heterocycles. The van der Waals surface area contributed by atoms with Crippen LogP contribution < -0.4 is 10.6 Å². The van der Waals surface area contributed by atoms with Crippen molar-refractivity contribution in [3.63, 3.8) is 0 Å². The van der Waals surface area contributed by atoms with Crippen LogP contribution in [0.15, 0.2) is 85.1 Å². The van der Waals surface area contributed by atoms with Gasteiger partial charge in [-0.25, -0.2) is 4.68 Å². The van der Waals surface area contributed by atoms with E-state index >= 15 is 0 Å². The highest BCUT2D eigenvalue weighted by molar-refractivity contribution is 6.34. The second-order valence-electron chi connectivity index (χ2n) is 6.86. The molecule has 0 bridgehead atoms. The van der Waals surface area contributed by atoms with Crippen LogP contribution in [0.1, 0.15) is 26.3 Å². The van der Waals surface area contributed by atoms with Gasteiger partial charge >= 0.3 is 0 Å². The molecule has 7 heteroatoms. The van der Waals surface area contributed by atoms with Gasteiger partial charge in [0.05, 0.1) is 22.5 Å². The second kappa shape index (κ2) is 8.85. The predicted octanol–water partition coefficient (Wildman–Crippen LogP) is 5.34. The summed E-state index contributed by atoms with van der Waals surface area (Å²) in [6.45, 7) is 1.91. The van der Waals surface area contributed by atoms with Crippen molar-refractivity contribution in [1.82, 2.24) is 9.78 Å². The van der Waals surface area contributed by atoms with Crippen LogP contribution in [0.5, 0.6) is 0 Å². The van der Waals surface area contributed by atoms with Crippen LogP contribution in [0.2, 0.25) is 5.02 Å². The summed E-state index contributed by atoms with van der Waals surface area (Å²) < 4.78 is 1.52. The Morgan fingerprint density at radius 2 is 1.45 bits per heavy atom. The Hall–Kier alpha value is -3.90. The molecule has 2 N–H and O–H groups in total. The lowest BCUT2D eigenvalue weighted by Crippen LogP contribution is -2.20. The summed E-state index contributed by atoms with van der Waals surface area (Å²) in [4.78, 5) is 26.0. The second-order valence-corrected chi connectivity index (χ2v) is 7.26. The lowest BCUT2D eigenvalue weighted by atomic mass is 10.2. The first-order valence-electron chi connectivity index (χ1n) is 9.61. The normalized spacial score (nSPS) is 10.5. The molecule has 2 amide bonds.